The molecular formula is C28H29ClF4N4O3S. The molecule has 3 heterocycles. The van der Waals surface area contributed by atoms with Gasteiger partial charge in [0.15, 0.2) is 0 Å². The van der Waals surface area contributed by atoms with Crippen molar-refractivity contribution < 1.29 is 27.1 Å². The van der Waals surface area contributed by atoms with Crippen LogP contribution in [0.25, 0.3) is 17.0 Å². The Hall–Kier alpha value is -3.09. The average molecular weight is 613 g/mol. The monoisotopic (exact) mass is 612 g/mol. The Morgan fingerprint density at radius 1 is 1.29 bits per heavy atom. The number of methoxy groups -OCH3 is 1. The lowest BCUT2D eigenvalue weighted by Gasteiger charge is -2.45. The number of amides is 1. The number of nitrogens with zero attached hydrogens (tertiary/aromatic N) is 4. The van der Waals surface area contributed by atoms with Crippen LogP contribution in [-0.2, 0) is 15.7 Å². The number of piperazine rings is 1. The Labute approximate surface area is 243 Å². The number of halogens is 5. The average Bonchev–Trinajstić information content (AvgIpc) is 2.90. The van der Waals surface area contributed by atoms with Gasteiger partial charge in [-0.2, -0.15) is 18.2 Å². The summed E-state index contributed by atoms with van der Waals surface area (Å²) in [6, 6.07) is -0.0568. The van der Waals surface area contributed by atoms with Crippen LogP contribution in [0, 0.1) is 0 Å². The number of hydrogen-bond acceptors (Lipinski definition) is 6. The van der Waals surface area contributed by atoms with Crippen LogP contribution in [0.2, 0.25) is 0 Å². The van der Waals surface area contributed by atoms with Crippen molar-refractivity contribution in [3.63, 3.8) is 0 Å². The Bertz CT molecular complexity index is 1490. The van der Waals surface area contributed by atoms with Crippen LogP contribution >= 0.6 is 23.4 Å². The van der Waals surface area contributed by atoms with E-state index in [1.165, 1.54) is 47.7 Å². The molecule has 4 rings (SSSR count). The molecule has 0 spiro atoms. The van der Waals surface area contributed by atoms with Gasteiger partial charge in [-0.05, 0) is 38.1 Å². The SMILES string of the molecule is C=CC(=O)N1C(C)CN(c2nc(=O)n3c4c(c(/C=C/C=C(Cl)\C=C\F)c(C(F)(F)F)cc24)SCC3COC)CC1C. The van der Waals surface area contributed by atoms with Crippen LogP contribution in [0.4, 0.5) is 23.4 Å². The van der Waals surface area contributed by atoms with Gasteiger partial charge < -0.3 is 14.5 Å². The van der Waals surface area contributed by atoms with Gasteiger partial charge in [0.05, 0.1) is 30.1 Å². The molecule has 220 valence electrons. The van der Waals surface area contributed by atoms with E-state index in [-0.39, 0.29) is 76.5 Å². The first-order chi connectivity index (χ1) is 19.4. The fraction of sp³-hybridized carbons (Fsp3) is 0.393. The first kappa shape index (κ1) is 30.9. The van der Waals surface area contributed by atoms with Crippen molar-refractivity contribution in [2.75, 3.05) is 37.5 Å². The molecule has 1 aromatic carbocycles. The molecule has 0 bridgehead atoms. The highest BCUT2D eigenvalue weighted by Crippen LogP contribution is 2.46. The quantitative estimate of drug-likeness (QED) is 0.219. The minimum absolute atomic E-state index is 0.0136. The Kier molecular flexibility index (Phi) is 9.35. The molecule has 3 atom stereocenters. The zero-order chi connectivity index (χ0) is 30.1. The van der Waals surface area contributed by atoms with Crippen molar-refractivity contribution in [2.24, 2.45) is 0 Å². The number of alkyl halides is 3. The number of allylic oxidation sites excluding steroid dienone is 4. The third-order valence-electron chi connectivity index (χ3n) is 7.02. The third kappa shape index (κ3) is 6.09. The van der Waals surface area contributed by atoms with Gasteiger partial charge in [0.2, 0.25) is 5.91 Å². The second-order valence-electron chi connectivity index (χ2n) is 9.82. The Morgan fingerprint density at radius 2 is 1.98 bits per heavy atom. The molecule has 0 aliphatic carbocycles. The second kappa shape index (κ2) is 12.4. The number of carbonyl (C=O) groups excluding carboxylic acids is 1. The predicted molar refractivity (Wildman–Crippen MR) is 154 cm³/mol. The van der Waals surface area contributed by atoms with Crippen LogP contribution in [-0.4, -0.2) is 65.0 Å². The van der Waals surface area contributed by atoms with Crippen LogP contribution in [0.1, 0.15) is 31.0 Å². The summed E-state index contributed by atoms with van der Waals surface area (Å²) in [4.78, 5) is 34.0. The summed E-state index contributed by atoms with van der Waals surface area (Å²) < 4.78 is 62.8. The Balaban J connectivity index is 2.00. The number of rotatable bonds is 7. The van der Waals surface area contributed by atoms with Gasteiger partial charge in [0.1, 0.15) is 5.82 Å². The molecule has 41 heavy (non-hydrogen) atoms. The number of benzene rings is 1. The van der Waals surface area contributed by atoms with E-state index in [9.17, 15) is 27.2 Å². The summed E-state index contributed by atoms with van der Waals surface area (Å²) in [5.74, 6) is 0.166. The summed E-state index contributed by atoms with van der Waals surface area (Å²) in [7, 11) is 1.49. The van der Waals surface area contributed by atoms with Crippen molar-refractivity contribution in [1.29, 1.82) is 0 Å². The fourth-order valence-corrected chi connectivity index (χ4v) is 6.86. The van der Waals surface area contributed by atoms with Crippen LogP contribution in [0.15, 0.2) is 58.0 Å². The maximum absolute atomic E-state index is 14.6. The van der Waals surface area contributed by atoms with E-state index >= 15 is 0 Å². The zero-order valence-corrected chi connectivity index (χ0v) is 24.2. The molecule has 0 N–H and O–H groups in total. The molecule has 0 radical (unpaired) electrons. The molecule has 3 unspecified atom stereocenters. The fourth-order valence-electron chi connectivity index (χ4n) is 5.46. The number of ether oxygens (including phenoxy) is 1. The van der Waals surface area contributed by atoms with Crippen molar-refractivity contribution in [3.05, 3.63) is 69.9 Å². The summed E-state index contributed by atoms with van der Waals surface area (Å²) in [6.07, 6.45) is 1.51. The van der Waals surface area contributed by atoms with Gasteiger partial charge >= 0.3 is 11.9 Å². The van der Waals surface area contributed by atoms with Crippen molar-refractivity contribution in [2.45, 2.75) is 43.0 Å². The lowest BCUT2D eigenvalue weighted by Crippen LogP contribution is -2.58. The second-order valence-corrected chi connectivity index (χ2v) is 11.3. The van der Waals surface area contributed by atoms with Crippen LogP contribution in [0.3, 0.4) is 0 Å². The molecule has 1 aromatic heterocycles. The number of thioether (sulfide) groups is 1. The lowest BCUT2D eigenvalue weighted by molar-refractivity contribution is -0.137. The summed E-state index contributed by atoms with van der Waals surface area (Å²) in [5, 5.41) is 0.162. The number of anilines is 1. The van der Waals surface area contributed by atoms with Gasteiger partial charge in [-0.3, -0.25) is 9.36 Å². The van der Waals surface area contributed by atoms with Crippen LogP contribution < -0.4 is 10.6 Å². The summed E-state index contributed by atoms with van der Waals surface area (Å²) in [6.45, 7) is 7.89. The van der Waals surface area contributed by atoms with E-state index in [2.05, 4.69) is 11.6 Å². The standard InChI is InChI=1S/C28H29ClF4N4O3S/c1-5-23(38)36-16(2)12-35(13-17(36)3)26-21-11-22(28(31,32)33)20(8-6-7-18(29)9-10-30)25-24(21)37(27(39)34-26)19(14-40-4)15-41-25/h5-11,16-17,19H,1,12-15H2,2-4H3/b8-6+,10-9+,18-7+. The molecule has 2 aliphatic rings. The predicted octanol–water partition coefficient (Wildman–Crippen LogP) is 5.94. The highest BCUT2D eigenvalue weighted by molar-refractivity contribution is 7.99. The molecule has 1 fully saturated rings. The van der Waals surface area contributed by atoms with Gasteiger partial charge in [-0.1, -0.05) is 30.3 Å². The van der Waals surface area contributed by atoms with Gasteiger partial charge in [0, 0.05) is 58.9 Å². The molecule has 1 saturated heterocycles. The highest BCUT2D eigenvalue weighted by atomic mass is 35.5. The topological polar surface area (TPSA) is 67.7 Å². The third-order valence-corrected chi connectivity index (χ3v) is 8.53. The normalized spacial score (nSPS) is 21.9. The maximum Gasteiger partial charge on any atom is 0.417 e. The Morgan fingerprint density at radius 3 is 2.56 bits per heavy atom. The van der Waals surface area contributed by atoms with E-state index in [1.54, 1.807) is 9.80 Å². The molecule has 13 heteroatoms. The lowest BCUT2D eigenvalue weighted by atomic mass is 10.0. The molecule has 2 aliphatic heterocycles. The molecule has 0 saturated carbocycles. The first-order valence-corrected chi connectivity index (χ1v) is 14.1. The minimum Gasteiger partial charge on any atom is -0.383 e. The summed E-state index contributed by atoms with van der Waals surface area (Å²) in [5.41, 5.74) is -1.32. The molecule has 1 amide bonds. The molecule has 2 aromatic rings. The first-order valence-electron chi connectivity index (χ1n) is 12.7. The van der Waals surface area contributed by atoms with Gasteiger partial charge in [0.25, 0.3) is 0 Å². The van der Waals surface area contributed by atoms with Crippen molar-refractivity contribution >= 4 is 52.1 Å². The smallest absolute Gasteiger partial charge is 0.383 e. The molecule has 7 nitrogen and oxygen atoms in total. The van der Waals surface area contributed by atoms with E-state index in [1.807, 2.05) is 13.8 Å². The minimum atomic E-state index is -4.74. The van der Waals surface area contributed by atoms with Gasteiger partial charge in [-0.15, -0.1) is 11.8 Å². The highest BCUT2D eigenvalue weighted by Gasteiger charge is 2.39. The molecular weight excluding hydrogens is 584 g/mol. The summed E-state index contributed by atoms with van der Waals surface area (Å²) >= 11 is 7.08. The number of aromatic nitrogens is 2. The maximum atomic E-state index is 14.6. The van der Waals surface area contributed by atoms with E-state index in [0.29, 0.717) is 5.52 Å². The van der Waals surface area contributed by atoms with Crippen molar-refractivity contribution in [3.8, 4) is 0 Å². The van der Waals surface area contributed by atoms with E-state index < -0.39 is 23.5 Å². The van der Waals surface area contributed by atoms with E-state index in [4.69, 9.17) is 16.3 Å². The zero-order valence-electron chi connectivity index (χ0n) is 22.6. The number of hydrogen-bond donors (Lipinski definition) is 0. The van der Waals surface area contributed by atoms with Gasteiger partial charge in [-0.25, -0.2) is 9.18 Å². The van der Waals surface area contributed by atoms with Crippen LogP contribution in [0.5, 0.6) is 0 Å². The number of carbonyl (C=O) groups is 1. The van der Waals surface area contributed by atoms with E-state index in [0.717, 1.165) is 12.1 Å². The van der Waals surface area contributed by atoms with Crippen molar-refractivity contribution in [1.82, 2.24) is 14.5 Å². The largest absolute Gasteiger partial charge is 0.417 e.